The van der Waals surface area contributed by atoms with Crippen molar-refractivity contribution in [3.8, 4) is 44.8 Å². The number of halogens is 1. The van der Waals surface area contributed by atoms with Crippen molar-refractivity contribution in [2.24, 2.45) is 0 Å². The van der Waals surface area contributed by atoms with Gasteiger partial charge >= 0.3 is 0 Å². The van der Waals surface area contributed by atoms with Crippen molar-refractivity contribution in [1.29, 1.82) is 0 Å². The molecular weight excluding hydrogens is 623 g/mol. The monoisotopic (exact) mass is 648 g/mol. The molecule has 0 aliphatic heterocycles. The predicted octanol–water partition coefficient (Wildman–Crippen LogP) is 11.2. The van der Waals surface area contributed by atoms with E-state index in [2.05, 4.69) is 171 Å². The smallest absolute Gasteiger partial charge is 0.150 e. The largest absolute Gasteiger partial charge is 0.264 e. The number of benzene rings is 7. The fraction of sp³-hybridized carbons (Fsp3) is 0. The molecule has 0 radical (unpaired) electrons. The summed E-state index contributed by atoms with van der Waals surface area (Å²) in [5.41, 5.74) is 10.6. The quantitative estimate of drug-likeness (QED) is 0.137. The minimum absolute atomic E-state index is 0.965. The SMILES string of the molecule is In1c(-c2ccccc2)nc2cc(-c3ccc4c(-c5ccccc5)c5ccccc5c(-c5ccccc5)c4c3)ccc21. The fourth-order valence-electron chi connectivity index (χ4n) is 6.19. The van der Waals surface area contributed by atoms with Crippen molar-refractivity contribution >= 4 is 55.4 Å². The zero-order valence-electron chi connectivity index (χ0n) is 22.7. The number of rotatable bonds is 4. The third-order valence-corrected chi connectivity index (χ3v) is 9.09. The molecule has 0 bridgehead atoms. The second-order valence-electron chi connectivity index (χ2n) is 10.6. The van der Waals surface area contributed by atoms with E-state index in [-0.39, 0.29) is 0 Å². The van der Waals surface area contributed by atoms with E-state index in [0.29, 0.717) is 0 Å². The maximum absolute atomic E-state index is 5.05. The van der Waals surface area contributed by atoms with Crippen LogP contribution in [0.4, 0.5) is 0 Å². The van der Waals surface area contributed by atoms with Gasteiger partial charge in [0.15, 0.2) is 0 Å². The molecule has 0 unspecified atom stereocenters. The predicted molar refractivity (Wildman–Crippen MR) is 186 cm³/mol. The molecule has 0 saturated carbocycles. The first-order valence-electron chi connectivity index (χ1n) is 14.1. The van der Waals surface area contributed by atoms with Gasteiger partial charge in [-0.3, -0.25) is 2.78 Å². The Morgan fingerprint density at radius 1 is 0.405 bits per heavy atom. The fourth-order valence-corrected chi connectivity index (χ4v) is 6.98. The summed E-state index contributed by atoms with van der Waals surface area (Å²) >= 11 is 2.36. The van der Waals surface area contributed by atoms with Crippen molar-refractivity contribution in [2.75, 3.05) is 0 Å². The molecule has 42 heavy (non-hydrogen) atoms. The van der Waals surface area contributed by atoms with E-state index in [1.165, 1.54) is 49.4 Å². The van der Waals surface area contributed by atoms with Gasteiger partial charge in [-0.25, -0.2) is 4.98 Å². The minimum atomic E-state index is 0.965. The molecule has 0 N–H and O–H groups in total. The summed E-state index contributed by atoms with van der Waals surface area (Å²) in [5.74, 6) is 0.965. The van der Waals surface area contributed by atoms with Gasteiger partial charge in [0.25, 0.3) is 0 Å². The molecule has 0 fully saturated rings. The third-order valence-electron chi connectivity index (χ3n) is 8.11. The highest BCUT2D eigenvalue weighted by Gasteiger charge is 2.18. The molecular formula is C39H25IN2. The van der Waals surface area contributed by atoms with Crippen LogP contribution in [0.25, 0.3) is 77.3 Å². The van der Waals surface area contributed by atoms with E-state index >= 15 is 0 Å². The molecule has 8 aromatic rings. The van der Waals surface area contributed by atoms with Crippen LogP contribution >= 0.6 is 22.9 Å². The van der Waals surface area contributed by atoms with Gasteiger partial charge in [0.1, 0.15) is 5.82 Å². The summed E-state index contributed by atoms with van der Waals surface area (Å²) in [4.78, 5) is 5.05. The Morgan fingerprint density at radius 3 is 1.50 bits per heavy atom. The van der Waals surface area contributed by atoms with Crippen LogP contribution in [0.2, 0.25) is 0 Å². The zero-order valence-corrected chi connectivity index (χ0v) is 24.9. The average Bonchev–Trinajstić information content (AvgIpc) is 3.40. The Hall–Kier alpha value is -4.74. The molecule has 0 aliphatic rings. The molecule has 0 amide bonds. The number of nitrogens with zero attached hydrogens (tertiary/aromatic N) is 2. The van der Waals surface area contributed by atoms with E-state index < -0.39 is 0 Å². The second-order valence-corrected chi connectivity index (χ2v) is 11.5. The number of imidazole rings is 1. The van der Waals surface area contributed by atoms with Crippen LogP contribution in [0.1, 0.15) is 0 Å². The van der Waals surface area contributed by atoms with Crippen LogP contribution in [0.5, 0.6) is 0 Å². The van der Waals surface area contributed by atoms with Crippen molar-refractivity contribution in [3.05, 3.63) is 152 Å². The Balaban J connectivity index is 1.40. The summed E-state index contributed by atoms with van der Waals surface area (Å²) in [6.45, 7) is 0. The lowest BCUT2D eigenvalue weighted by atomic mass is 9.85. The normalized spacial score (nSPS) is 11.5. The van der Waals surface area contributed by atoms with Gasteiger partial charge in [-0.2, -0.15) is 0 Å². The van der Waals surface area contributed by atoms with E-state index in [0.717, 1.165) is 28.0 Å². The molecule has 0 aliphatic carbocycles. The van der Waals surface area contributed by atoms with Gasteiger partial charge in [0, 0.05) is 5.56 Å². The first-order chi connectivity index (χ1) is 20.8. The molecule has 2 nitrogen and oxygen atoms in total. The number of hydrogen-bond donors (Lipinski definition) is 0. The lowest BCUT2D eigenvalue weighted by Crippen LogP contribution is -1.91. The maximum atomic E-state index is 5.05. The van der Waals surface area contributed by atoms with Gasteiger partial charge in [-0.1, -0.05) is 133 Å². The van der Waals surface area contributed by atoms with Crippen LogP contribution in [-0.2, 0) is 0 Å². The first-order valence-corrected chi connectivity index (χ1v) is 15.1. The summed E-state index contributed by atoms with van der Waals surface area (Å²) < 4.78 is 2.15. The number of hydrogen-bond acceptors (Lipinski definition) is 1. The Kier molecular flexibility index (Phi) is 6.11. The molecule has 0 saturated heterocycles. The highest BCUT2D eigenvalue weighted by atomic mass is 127. The summed E-state index contributed by atoms with van der Waals surface area (Å²) in [5, 5.41) is 5.04. The minimum Gasteiger partial charge on any atom is -0.264 e. The van der Waals surface area contributed by atoms with Crippen LogP contribution in [0.15, 0.2) is 152 Å². The molecule has 198 valence electrons. The molecule has 1 heterocycles. The molecule has 0 spiro atoms. The summed E-state index contributed by atoms with van der Waals surface area (Å²) in [7, 11) is 0. The average molecular weight is 649 g/mol. The lowest BCUT2D eigenvalue weighted by Gasteiger charge is -2.18. The summed E-state index contributed by atoms with van der Waals surface area (Å²) in [6, 6.07) is 54.3. The number of fused-ring (bicyclic) bond motifs is 3. The number of aromatic nitrogens is 2. The van der Waals surface area contributed by atoms with E-state index in [9.17, 15) is 0 Å². The summed E-state index contributed by atoms with van der Waals surface area (Å²) in [6.07, 6.45) is 0. The first kappa shape index (κ1) is 25.0. The van der Waals surface area contributed by atoms with Crippen LogP contribution in [0.3, 0.4) is 0 Å². The topological polar surface area (TPSA) is 17.8 Å². The standard InChI is InChI=1S/C39H25IN2/c40-42-36-23-21-30(25-35(36)41-39(42)28-16-8-3-9-17-28)29-20-22-33-34(24-29)38(27-14-6-2-7-15-27)32-19-11-10-18-31(32)37(33)26-12-4-1-5-13-26/h1-25H. The van der Waals surface area contributed by atoms with E-state index in [4.69, 9.17) is 4.98 Å². The van der Waals surface area contributed by atoms with Crippen molar-refractivity contribution in [1.82, 2.24) is 7.76 Å². The van der Waals surface area contributed by atoms with Crippen molar-refractivity contribution in [2.45, 2.75) is 0 Å². The Labute approximate surface area is 258 Å². The van der Waals surface area contributed by atoms with Gasteiger partial charge in [-0.15, -0.1) is 0 Å². The third kappa shape index (κ3) is 4.12. The Morgan fingerprint density at radius 2 is 0.881 bits per heavy atom. The zero-order chi connectivity index (χ0) is 28.0. The van der Waals surface area contributed by atoms with Gasteiger partial charge in [0.05, 0.1) is 33.9 Å². The van der Waals surface area contributed by atoms with Crippen LogP contribution in [-0.4, -0.2) is 7.76 Å². The molecule has 7 aromatic carbocycles. The lowest BCUT2D eigenvalue weighted by molar-refractivity contribution is 1.31. The molecule has 3 heteroatoms. The molecule has 0 atom stereocenters. The maximum Gasteiger partial charge on any atom is 0.150 e. The van der Waals surface area contributed by atoms with E-state index in [1.807, 2.05) is 6.07 Å². The molecule has 8 rings (SSSR count). The highest BCUT2D eigenvalue weighted by molar-refractivity contribution is 14.1. The molecule has 1 aromatic heterocycles. The van der Waals surface area contributed by atoms with Crippen molar-refractivity contribution < 1.29 is 0 Å². The van der Waals surface area contributed by atoms with Gasteiger partial charge in [-0.05, 0) is 73.1 Å². The van der Waals surface area contributed by atoms with Crippen LogP contribution < -0.4 is 0 Å². The van der Waals surface area contributed by atoms with Crippen molar-refractivity contribution in [3.63, 3.8) is 0 Å². The van der Waals surface area contributed by atoms with Gasteiger partial charge < -0.3 is 0 Å². The van der Waals surface area contributed by atoms with E-state index in [1.54, 1.807) is 0 Å². The highest BCUT2D eigenvalue weighted by Crippen LogP contribution is 2.45. The van der Waals surface area contributed by atoms with Gasteiger partial charge in [0.2, 0.25) is 0 Å². The Bertz CT molecular complexity index is 2230. The second kappa shape index (κ2) is 10.3. The van der Waals surface area contributed by atoms with Crippen LogP contribution in [0, 0.1) is 0 Å².